The summed E-state index contributed by atoms with van der Waals surface area (Å²) in [6.07, 6.45) is 3.75. The molecule has 2 nitrogen and oxygen atoms in total. The van der Waals surface area contributed by atoms with Crippen molar-refractivity contribution >= 4 is 22.9 Å². The number of hydrogen-bond acceptors (Lipinski definition) is 3. The molecule has 0 saturated heterocycles. The van der Waals surface area contributed by atoms with Gasteiger partial charge in [0.1, 0.15) is 5.75 Å². The molecule has 0 amide bonds. The Bertz CT molecular complexity index is 601. The molecule has 0 radical (unpaired) electrons. The van der Waals surface area contributed by atoms with Crippen LogP contribution in [0.2, 0.25) is 5.02 Å². The molecule has 2 aromatic rings. The molecule has 1 N–H and O–H groups in total. The highest BCUT2D eigenvalue weighted by atomic mass is 35.5. The molecular weight excluding hydrogens is 290 g/mol. The maximum absolute atomic E-state index is 6.41. The Hall–Kier alpha value is -1.03. The highest BCUT2D eigenvalue weighted by Gasteiger charge is 2.22. The van der Waals surface area contributed by atoms with E-state index in [2.05, 4.69) is 11.4 Å². The summed E-state index contributed by atoms with van der Waals surface area (Å²) in [6.45, 7) is 0. The molecule has 1 aromatic carbocycles. The molecular formula is C16H18ClNOS. The van der Waals surface area contributed by atoms with Crippen molar-refractivity contribution in [2.45, 2.75) is 25.3 Å². The van der Waals surface area contributed by atoms with Gasteiger partial charge in [-0.2, -0.15) is 0 Å². The summed E-state index contributed by atoms with van der Waals surface area (Å²) in [5, 5.41) is 4.13. The normalized spacial score (nSPS) is 15.2. The van der Waals surface area contributed by atoms with Crippen LogP contribution in [0.25, 0.3) is 0 Å². The Morgan fingerprint density at radius 1 is 1.30 bits per heavy atom. The van der Waals surface area contributed by atoms with Crippen molar-refractivity contribution in [3.63, 3.8) is 0 Å². The number of aryl methyl sites for hydroxylation is 2. The molecule has 0 aliphatic heterocycles. The SMILES string of the molecule is CNC(c1cc2c(s1)CCC2)c1ccc(OC)cc1Cl. The first-order chi connectivity index (χ1) is 9.72. The van der Waals surface area contributed by atoms with E-state index in [1.807, 2.05) is 36.6 Å². The van der Waals surface area contributed by atoms with E-state index in [4.69, 9.17) is 16.3 Å². The summed E-state index contributed by atoms with van der Waals surface area (Å²) in [5.74, 6) is 0.794. The molecule has 1 aromatic heterocycles. The molecule has 0 saturated carbocycles. The predicted octanol–water partition coefficient (Wildman–Crippen LogP) is 4.21. The fourth-order valence-electron chi connectivity index (χ4n) is 2.81. The quantitative estimate of drug-likeness (QED) is 0.913. The van der Waals surface area contributed by atoms with Crippen molar-refractivity contribution < 1.29 is 4.74 Å². The molecule has 1 aliphatic carbocycles. The summed E-state index contributed by atoms with van der Waals surface area (Å²) >= 11 is 8.33. The molecule has 0 bridgehead atoms. The Balaban J connectivity index is 1.96. The molecule has 1 heterocycles. The minimum absolute atomic E-state index is 0.156. The third-order valence-corrected chi connectivity index (χ3v) is 5.49. The average molecular weight is 308 g/mol. The smallest absolute Gasteiger partial charge is 0.120 e. The van der Waals surface area contributed by atoms with Crippen molar-refractivity contribution in [1.29, 1.82) is 0 Å². The zero-order valence-corrected chi connectivity index (χ0v) is 13.3. The fraction of sp³-hybridized carbons (Fsp3) is 0.375. The van der Waals surface area contributed by atoms with Gasteiger partial charge in [0, 0.05) is 14.8 Å². The molecule has 20 heavy (non-hydrogen) atoms. The zero-order chi connectivity index (χ0) is 14.1. The number of ether oxygens (including phenoxy) is 1. The molecule has 1 aliphatic rings. The number of thiophene rings is 1. The van der Waals surface area contributed by atoms with Crippen LogP contribution in [0.4, 0.5) is 0 Å². The van der Waals surface area contributed by atoms with Crippen LogP contribution >= 0.6 is 22.9 Å². The molecule has 1 atom stereocenters. The van der Waals surface area contributed by atoms with E-state index in [0.717, 1.165) is 16.3 Å². The van der Waals surface area contributed by atoms with Gasteiger partial charge in [0.25, 0.3) is 0 Å². The largest absolute Gasteiger partial charge is 0.497 e. The standard InChI is InChI=1S/C16H18ClNOS/c1-18-16(12-7-6-11(19-2)9-13(12)17)15-8-10-4-3-5-14(10)20-15/h6-9,16,18H,3-5H2,1-2H3. The number of nitrogens with one attached hydrogen (secondary N) is 1. The van der Waals surface area contributed by atoms with Gasteiger partial charge in [-0.1, -0.05) is 17.7 Å². The summed E-state index contributed by atoms with van der Waals surface area (Å²) in [7, 11) is 3.64. The number of hydrogen-bond donors (Lipinski definition) is 1. The predicted molar refractivity (Wildman–Crippen MR) is 85.3 cm³/mol. The van der Waals surface area contributed by atoms with Gasteiger partial charge >= 0.3 is 0 Å². The van der Waals surface area contributed by atoms with Gasteiger partial charge in [0.15, 0.2) is 0 Å². The van der Waals surface area contributed by atoms with Crippen LogP contribution in [0.1, 0.15) is 33.3 Å². The minimum Gasteiger partial charge on any atom is -0.497 e. The maximum atomic E-state index is 6.41. The lowest BCUT2D eigenvalue weighted by molar-refractivity contribution is 0.414. The molecule has 106 valence electrons. The van der Waals surface area contributed by atoms with E-state index in [1.54, 1.807) is 12.0 Å². The van der Waals surface area contributed by atoms with Crippen LogP contribution in [-0.2, 0) is 12.8 Å². The Labute approximate surface area is 128 Å². The first-order valence-electron chi connectivity index (χ1n) is 6.85. The maximum Gasteiger partial charge on any atom is 0.120 e. The van der Waals surface area contributed by atoms with Gasteiger partial charge in [-0.3, -0.25) is 0 Å². The van der Waals surface area contributed by atoms with Crippen molar-refractivity contribution in [3.05, 3.63) is 50.2 Å². The first-order valence-corrected chi connectivity index (χ1v) is 8.04. The third kappa shape index (κ3) is 2.46. The monoisotopic (exact) mass is 307 g/mol. The molecule has 0 spiro atoms. The highest BCUT2D eigenvalue weighted by Crippen LogP contribution is 2.38. The number of halogens is 1. The number of methoxy groups -OCH3 is 1. The van der Waals surface area contributed by atoms with Crippen LogP contribution < -0.4 is 10.1 Å². The summed E-state index contributed by atoms with van der Waals surface area (Å²) in [6, 6.07) is 8.39. The molecule has 4 heteroatoms. The van der Waals surface area contributed by atoms with Crippen LogP contribution in [-0.4, -0.2) is 14.2 Å². The van der Waals surface area contributed by atoms with Gasteiger partial charge in [-0.15, -0.1) is 11.3 Å². The van der Waals surface area contributed by atoms with Crippen LogP contribution in [0.3, 0.4) is 0 Å². The lowest BCUT2D eigenvalue weighted by Crippen LogP contribution is -2.17. The van der Waals surface area contributed by atoms with Gasteiger partial charge in [-0.25, -0.2) is 0 Å². The van der Waals surface area contributed by atoms with Crippen LogP contribution in [0.5, 0.6) is 5.75 Å². The van der Waals surface area contributed by atoms with Crippen LogP contribution in [0.15, 0.2) is 24.3 Å². The topological polar surface area (TPSA) is 21.3 Å². The van der Waals surface area contributed by atoms with E-state index in [-0.39, 0.29) is 6.04 Å². The second kappa shape index (κ2) is 5.76. The Morgan fingerprint density at radius 2 is 2.15 bits per heavy atom. The van der Waals surface area contributed by atoms with E-state index in [0.29, 0.717) is 0 Å². The lowest BCUT2D eigenvalue weighted by Gasteiger charge is -2.17. The van der Waals surface area contributed by atoms with Crippen molar-refractivity contribution in [3.8, 4) is 5.75 Å². The fourth-order valence-corrected chi connectivity index (χ4v) is 4.48. The summed E-state index contributed by atoms with van der Waals surface area (Å²) < 4.78 is 5.22. The second-order valence-electron chi connectivity index (χ2n) is 5.06. The number of fused-ring (bicyclic) bond motifs is 1. The summed E-state index contributed by atoms with van der Waals surface area (Å²) in [5.41, 5.74) is 2.63. The van der Waals surface area contributed by atoms with Gasteiger partial charge < -0.3 is 10.1 Å². The molecule has 3 rings (SSSR count). The summed E-state index contributed by atoms with van der Waals surface area (Å²) in [4.78, 5) is 2.90. The lowest BCUT2D eigenvalue weighted by atomic mass is 10.0. The van der Waals surface area contributed by atoms with E-state index in [9.17, 15) is 0 Å². The van der Waals surface area contributed by atoms with Crippen LogP contribution in [0, 0.1) is 0 Å². The van der Waals surface area contributed by atoms with Gasteiger partial charge in [-0.05, 0) is 55.6 Å². The zero-order valence-electron chi connectivity index (χ0n) is 11.7. The van der Waals surface area contributed by atoms with Crippen molar-refractivity contribution in [2.75, 3.05) is 14.2 Å². The highest BCUT2D eigenvalue weighted by molar-refractivity contribution is 7.12. The average Bonchev–Trinajstić information content (AvgIpc) is 3.02. The Morgan fingerprint density at radius 3 is 2.80 bits per heavy atom. The van der Waals surface area contributed by atoms with Gasteiger partial charge in [0.2, 0.25) is 0 Å². The second-order valence-corrected chi connectivity index (χ2v) is 6.64. The first kappa shape index (κ1) is 13.9. The minimum atomic E-state index is 0.156. The van der Waals surface area contributed by atoms with Gasteiger partial charge in [0.05, 0.1) is 13.2 Å². The van der Waals surface area contributed by atoms with E-state index < -0.39 is 0 Å². The van der Waals surface area contributed by atoms with Crippen molar-refractivity contribution in [1.82, 2.24) is 5.32 Å². The Kier molecular flexibility index (Phi) is 4.01. The third-order valence-electron chi connectivity index (χ3n) is 3.86. The van der Waals surface area contributed by atoms with E-state index in [1.165, 1.54) is 29.7 Å². The molecule has 1 unspecified atom stereocenters. The molecule has 0 fully saturated rings. The van der Waals surface area contributed by atoms with Crippen molar-refractivity contribution in [2.24, 2.45) is 0 Å². The number of benzene rings is 1. The van der Waals surface area contributed by atoms with E-state index >= 15 is 0 Å². The number of rotatable bonds is 4.